The molecule has 7 heteroatoms. The van der Waals surface area contributed by atoms with Gasteiger partial charge in [0.2, 0.25) is 6.79 Å². The zero-order valence-electron chi connectivity index (χ0n) is 15.3. The molecule has 7 nitrogen and oxygen atoms in total. The van der Waals surface area contributed by atoms with E-state index in [1.807, 2.05) is 25.1 Å². The first kappa shape index (κ1) is 17.8. The van der Waals surface area contributed by atoms with Gasteiger partial charge in [0.1, 0.15) is 0 Å². The summed E-state index contributed by atoms with van der Waals surface area (Å²) in [5.41, 5.74) is 5.08. The molecule has 0 spiro atoms. The number of ether oxygens (including phenoxy) is 2. The molecular formula is C20H21NO6. The van der Waals surface area contributed by atoms with Gasteiger partial charge in [0.15, 0.2) is 11.5 Å². The zero-order chi connectivity index (χ0) is 19.1. The fourth-order valence-corrected chi connectivity index (χ4v) is 4.10. The summed E-state index contributed by atoms with van der Waals surface area (Å²) in [5, 5.41) is 20.9. The summed E-state index contributed by atoms with van der Waals surface area (Å²) in [6.07, 6.45) is 2.08. The highest BCUT2D eigenvalue weighted by Crippen LogP contribution is 2.46. The minimum Gasteiger partial charge on any atom is -0.454 e. The molecule has 2 aliphatic rings. The minimum absolute atomic E-state index is 0.0999. The maximum atomic E-state index is 12.0. The third-order valence-corrected chi connectivity index (χ3v) is 5.59. The third kappa shape index (κ3) is 3.02. The average molecular weight is 371 g/mol. The van der Waals surface area contributed by atoms with Crippen LogP contribution in [-0.2, 0) is 17.7 Å². The summed E-state index contributed by atoms with van der Waals surface area (Å²) >= 11 is 0. The summed E-state index contributed by atoms with van der Waals surface area (Å²) < 4.78 is 11.0. The van der Waals surface area contributed by atoms with Gasteiger partial charge >= 0.3 is 0 Å². The molecule has 0 radical (unpaired) electrons. The molecule has 27 heavy (non-hydrogen) atoms. The quantitative estimate of drug-likeness (QED) is 0.494. The van der Waals surface area contributed by atoms with Crippen LogP contribution < -0.4 is 9.47 Å². The van der Waals surface area contributed by atoms with Crippen LogP contribution in [0.15, 0.2) is 18.2 Å². The molecule has 1 N–H and O–H groups in total. The molecule has 142 valence electrons. The van der Waals surface area contributed by atoms with Crippen molar-refractivity contribution in [3.05, 3.63) is 50.6 Å². The molecule has 0 saturated carbocycles. The van der Waals surface area contributed by atoms with Crippen molar-refractivity contribution in [1.29, 1.82) is 0 Å². The van der Waals surface area contributed by atoms with Gasteiger partial charge in [-0.25, -0.2) is 4.89 Å². The van der Waals surface area contributed by atoms with Crippen LogP contribution in [0.4, 0.5) is 5.69 Å². The van der Waals surface area contributed by atoms with E-state index in [4.69, 9.17) is 14.7 Å². The SMILES string of the molecule is Cc1cc2c(c([N+](=O)[O-])c1C)-c1cc3c(cc1CC(COO)CC2)OCO3. The van der Waals surface area contributed by atoms with Gasteiger partial charge in [-0.2, -0.15) is 0 Å². The third-order valence-electron chi connectivity index (χ3n) is 5.59. The Labute approximate surface area is 156 Å². The lowest BCUT2D eigenvalue weighted by molar-refractivity contribution is -0.384. The van der Waals surface area contributed by atoms with Crippen molar-refractivity contribution in [2.75, 3.05) is 13.4 Å². The van der Waals surface area contributed by atoms with Gasteiger partial charge in [0, 0.05) is 5.56 Å². The summed E-state index contributed by atoms with van der Waals surface area (Å²) in [7, 11) is 0. The lowest BCUT2D eigenvalue weighted by atomic mass is 9.81. The van der Waals surface area contributed by atoms with E-state index >= 15 is 0 Å². The average Bonchev–Trinajstić information content (AvgIpc) is 3.07. The number of nitrogens with zero attached hydrogens (tertiary/aromatic N) is 1. The molecule has 4 rings (SSSR count). The molecule has 0 fully saturated rings. The Hall–Kier alpha value is -2.64. The number of fused-ring (bicyclic) bond motifs is 4. The van der Waals surface area contributed by atoms with Crippen LogP contribution in [0.5, 0.6) is 11.5 Å². The van der Waals surface area contributed by atoms with Crippen molar-refractivity contribution < 1.29 is 24.5 Å². The maximum Gasteiger partial charge on any atom is 0.280 e. The van der Waals surface area contributed by atoms with Crippen molar-refractivity contribution in [2.45, 2.75) is 33.1 Å². The van der Waals surface area contributed by atoms with Crippen molar-refractivity contribution in [1.82, 2.24) is 0 Å². The number of nitro benzene ring substituents is 1. The van der Waals surface area contributed by atoms with E-state index in [0.29, 0.717) is 35.5 Å². The van der Waals surface area contributed by atoms with Crippen LogP contribution in [-0.4, -0.2) is 23.6 Å². The number of benzene rings is 2. The van der Waals surface area contributed by atoms with Gasteiger partial charge in [-0.1, -0.05) is 6.07 Å². The van der Waals surface area contributed by atoms with Crippen molar-refractivity contribution in [3.8, 4) is 22.6 Å². The second kappa shape index (κ2) is 6.83. The van der Waals surface area contributed by atoms with Crippen molar-refractivity contribution >= 4 is 5.69 Å². The lowest BCUT2D eigenvalue weighted by Crippen LogP contribution is -2.16. The first-order chi connectivity index (χ1) is 13.0. The zero-order valence-corrected chi connectivity index (χ0v) is 15.3. The van der Waals surface area contributed by atoms with E-state index in [1.165, 1.54) is 0 Å². The highest BCUT2D eigenvalue weighted by atomic mass is 17.1. The lowest BCUT2D eigenvalue weighted by Gasteiger charge is -2.24. The van der Waals surface area contributed by atoms with Crippen LogP contribution in [0.25, 0.3) is 11.1 Å². The van der Waals surface area contributed by atoms with Gasteiger partial charge in [-0.05, 0) is 73.4 Å². The Kier molecular flexibility index (Phi) is 4.49. The van der Waals surface area contributed by atoms with Crippen molar-refractivity contribution in [3.63, 3.8) is 0 Å². The maximum absolute atomic E-state index is 12.0. The fourth-order valence-electron chi connectivity index (χ4n) is 4.10. The Bertz CT molecular complexity index is 923. The van der Waals surface area contributed by atoms with Gasteiger partial charge in [-0.15, -0.1) is 0 Å². The number of hydrogen-bond donors (Lipinski definition) is 1. The Morgan fingerprint density at radius 2 is 1.96 bits per heavy atom. The van der Waals surface area contributed by atoms with Gasteiger partial charge in [0.05, 0.1) is 17.1 Å². The van der Waals surface area contributed by atoms with Crippen LogP contribution >= 0.6 is 0 Å². The molecular weight excluding hydrogens is 350 g/mol. The van der Waals surface area contributed by atoms with Crippen LogP contribution in [0, 0.1) is 29.9 Å². The summed E-state index contributed by atoms with van der Waals surface area (Å²) in [4.78, 5) is 16.1. The van der Waals surface area contributed by atoms with E-state index in [0.717, 1.165) is 28.7 Å². The minimum atomic E-state index is -0.286. The number of hydrogen-bond acceptors (Lipinski definition) is 6. The van der Waals surface area contributed by atoms with E-state index in [1.54, 1.807) is 6.92 Å². The first-order valence-corrected chi connectivity index (χ1v) is 8.96. The topological polar surface area (TPSA) is 91.1 Å². The van der Waals surface area contributed by atoms with Crippen LogP contribution in [0.1, 0.15) is 28.7 Å². The highest BCUT2D eigenvalue weighted by Gasteiger charge is 2.30. The highest BCUT2D eigenvalue weighted by molar-refractivity contribution is 5.83. The molecule has 0 bridgehead atoms. The Balaban J connectivity index is 2.00. The normalized spacial score (nSPS) is 17.7. The molecule has 1 unspecified atom stereocenters. The molecule has 1 atom stereocenters. The fraction of sp³-hybridized carbons (Fsp3) is 0.400. The van der Waals surface area contributed by atoms with E-state index in [9.17, 15) is 10.1 Å². The van der Waals surface area contributed by atoms with Crippen LogP contribution in [0.3, 0.4) is 0 Å². The second-order valence-electron chi connectivity index (χ2n) is 7.23. The standard InChI is InChI=1S/C20H21NO6/c1-11-5-14-4-3-13(9-27-24)6-15-7-17-18(26-10-25-17)8-16(15)19(14)20(12(11)2)21(22)23/h5,7-8,13,24H,3-4,6,9-10H2,1-2H3. The summed E-state index contributed by atoms with van der Waals surface area (Å²) in [6.45, 7) is 4.05. The number of aryl methyl sites for hydroxylation is 2. The predicted octanol–water partition coefficient (Wildman–Crippen LogP) is 4.20. The molecule has 1 heterocycles. The largest absolute Gasteiger partial charge is 0.454 e. The second-order valence-corrected chi connectivity index (χ2v) is 7.23. The molecule has 1 aliphatic carbocycles. The monoisotopic (exact) mass is 371 g/mol. The summed E-state index contributed by atoms with van der Waals surface area (Å²) in [6, 6.07) is 5.78. The van der Waals surface area contributed by atoms with E-state index < -0.39 is 0 Å². The van der Waals surface area contributed by atoms with Crippen molar-refractivity contribution in [2.24, 2.45) is 5.92 Å². The molecule has 1 aliphatic heterocycles. The Morgan fingerprint density at radius 1 is 1.22 bits per heavy atom. The molecule has 0 saturated heterocycles. The smallest absolute Gasteiger partial charge is 0.280 e. The molecule has 0 amide bonds. The molecule has 2 aromatic carbocycles. The first-order valence-electron chi connectivity index (χ1n) is 8.96. The van der Waals surface area contributed by atoms with Gasteiger partial charge in [-0.3, -0.25) is 15.4 Å². The van der Waals surface area contributed by atoms with Gasteiger partial charge in [0.25, 0.3) is 5.69 Å². The molecule has 2 aromatic rings. The van der Waals surface area contributed by atoms with Crippen LogP contribution in [0.2, 0.25) is 0 Å². The summed E-state index contributed by atoms with van der Waals surface area (Å²) in [5.74, 6) is 1.34. The predicted molar refractivity (Wildman–Crippen MR) is 98.2 cm³/mol. The number of nitro groups is 1. The van der Waals surface area contributed by atoms with E-state index in [2.05, 4.69) is 4.89 Å². The van der Waals surface area contributed by atoms with Gasteiger partial charge < -0.3 is 9.47 Å². The van der Waals surface area contributed by atoms with E-state index in [-0.39, 0.29) is 29.9 Å². The number of rotatable bonds is 3. The molecule has 0 aromatic heterocycles. The Morgan fingerprint density at radius 3 is 2.67 bits per heavy atom.